The molecule has 0 bridgehead atoms. The molecule has 6 nitrogen and oxygen atoms in total. The zero-order valence-electron chi connectivity index (χ0n) is 17.5. The molecule has 0 amide bonds. The molecule has 0 aliphatic carbocycles. The van der Waals surface area contributed by atoms with Crippen LogP contribution in [0.1, 0.15) is 12.0 Å². The topological polar surface area (TPSA) is 58.8 Å². The highest BCUT2D eigenvalue weighted by atomic mass is 32.1. The van der Waals surface area contributed by atoms with Gasteiger partial charge in [-0.15, -0.1) is 0 Å². The van der Waals surface area contributed by atoms with Crippen molar-refractivity contribution in [3.05, 3.63) is 64.5 Å². The lowest BCUT2D eigenvalue weighted by Gasteiger charge is -2.35. The number of aryl methyl sites for hydroxylation is 1. The lowest BCUT2D eigenvalue weighted by molar-refractivity contribution is 0.224. The van der Waals surface area contributed by atoms with E-state index in [4.69, 9.17) is 9.15 Å². The second kappa shape index (κ2) is 8.69. The monoisotopic (exact) mass is 435 g/mol. The van der Waals surface area contributed by atoms with Gasteiger partial charge in [-0.05, 0) is 54.7 Å². The smallest absolute Gasteiger partial charge is 0.336 e. The number of piperazine rings is 1. The average Bonchev–Trinajstić information content (AvgIpc) is 3.21. The number of aromatic nitrogens is 1. The summed E-state index contributed by atoms with van der Waals surface area (Å²) in [5.74, 6) is 1.86. The number of hydrogen-bond acceptors (Lipinski definition) is 7. The number of ether oxygens (including phenoxy) is 1. The van der Waals surface area contributed by atoms with Crippen LogP contribution in [0, 0.1) is 6.92 Å². The lowest BCUT2D eigenvalue weighted by Crippen LogP contribution is -2.47. The van der Waals surface area contributed by atoms with Crippen LogP contribution in [0.15, 0.2) is 57.7 Å². The van der Waals surface area contributed by atoms with Crippen LogP contribution in [0.5, 0.6) is 5.75 Å². The zero-order chi connectivity index (χ0) is 21.2. The van der Waals surface area contributed by atoms with Crippen LogP contribution >= 0.6 is 11.5 Å². The first-order valence-electron chi connectivity index (χ1n) is 10.7. The van der Waals surface area contributed by atoms with Crippen LogP contribution in [0.4, 0.5) is 5.82 Å². The summed E-state index contributed by atoms with van der Waals surface area (Å²) in [6.07, 6.45) is 0.954. The van der Waals surface area contributed by atoms with Crippen molar-refractivity contribution in [3.8, 4) is 5.75 Å². The Morgan fingerprint density at radius 3 is 2.77 bits per heavy atom. The standard InChI is InChI=1S/C24H25N3O3S/c1-17-15-23(28)30-21-16-18(7-8-19(17)21)29-14-4-9-26-10-12-27(13-11-26)24-20-5-2-3-6-22(20)31-25-24/h2-3,5-8,15-16H,4,9-14H2,1H3. The molecule has 0 N–H and O–H groups in total. The van der Waals surface area contributed by atoms with Gasteiger partial charge in [0.25, 0.3) is 0 Å². The van der Waals surface area contributed by atoms with E-state index in [0.29, 0.717) is 12.2 Å². The Morgan fingerprint density at radius 1 is 1.06 bits per heavy atom. The SMILES string of the molecule is Cc1cc(=O)oc2cc(OCCCN3CCN(c4nsc5ccccc45)CC3)ccc12. The zero-order valence-corrected chi connectivity index (χ0v) is 18.4. The van der Waals surface area contributed by atoms with Gasteiger partial charge in [-0.1, -0.05) is 12.1 Å². The van der Waals surface area contributed by atoms with E-state index in [1.807, 2.05) is 19.1 Å². The van der Waals surface area contributed by atoms with Gasteiger partial charge in [0.15, 0.2) is 0 Å². The molecule has 0 atom stereocenters. The molecule has 1 aliphatic heterocycles. The van der Waals surface area contributed by atoms with Crippen molar-refractivity contribution < 1.29 is 9.15 Å². The minimum Gasteiger partial charge on any atom is -0.493 e. The molecule has 3 heterocycles. The van der Waals surface area contributed by atoms with Gasteiger partial charge in [-0.2, -0.15) is 4.37 Å². The Hall–Kier alpha value is -2.90. The Morgan fingerprint density at radius 2 is 1.90 bits per heavy atom. The van der Waals surface area contributed by atoms with Gasteiger partial charge in [-0.25, -0.2) is 4.79 Å². The molecule has 1 aliphatic rings. The summed E-state index contributed by atoms with van der Waals surface area (Å²) < 4.78 is 17.1. The number of hydrogen-bond donors (Lipinski definition) is 0. The first kappa shape index (κ1) is 20.0. The van der Waals surface area contributed by atoms with Crippen molar-refractivity contribution in [2.75, 3.05) is 44.2 Å². The fourth-order valence-corrected chi connectivity index (χ4v) is 4.95. The largest absolute Gasteiger partial charge is 0.493 e. The number of nitrogens with zero attached hydrogens (tertiary/aromatic N) is 3. The fourth-order valence-electron chi connectivity index (χ4n) is 4.16. The van der Waals surface area contributed by atoms with Crippen LogP contribution in [0.25, 0.3) is 21.1 Å². The summed E-state index contributed by atoms with van der Waals surface area (Å²) in [5, 5.41) is 2.20. The van der Waals surface area contributed by atoms with Crippen LogP contribution in [-0.4, -0.2) is 48.6 Å². The highest BCUT2D eigenvalue weighted by Crippen LogP contribution is 2.29. The van der Waals surface area contributed by atoms with Gasteiger partial charge in [0.2, 0.25) is 0 Å². The third kappa shape index (κ3) is 4.29. The molecule has 0 radical (unpaired) electrons. The van der Waals surface area contributed by atoms with Crippen molar-refractivity contribution in [2.24, 2.45) is 0 Å². The maximum absolute atomic E-state index is 11.6. The highest BCUT2D eigenvalue weighted by molar-refractivity contribution is 7.13. The number of rotatable bonds is 6. The highest BCUT2D eigenvalue weighted by Gasteiger charge is 2.20. The van der Waals surface area contributed by atoms with E-state index in [9.17, 15) is 4.79 Å². The second-order valence-electron chi connectivity index (χ2n) is 7.94. The molecule has 4 aromatic rings. The Labute approximate surface area is 184 Å². The summed E-state index contributed by atoms with van der Waals surface area (Å²) in [6, 6.07) is 15.7. The summed E-state index contributed by atoms with van der Waals surface area (Å²) >= 11 is 1.58. The Balaban J connectivity index is 1.10. The summed E-state index contributed by atoms with van der Waals surface area (Å²) in [7, 11) is 0. The fraction of sp³-hybridized carbons (Fsp3) is 0.333. The third-order valence-electron chi connectivity index (χ3n) is 5.84. The van der Waals surface area contributed by atoms with Gasteiger partial charge >= 0.3 is 5.63 Å². The molecule has 160 valence electrons. The van der Waals surface area contributed by atoms with E-state index in [-0.39, 0.29) is 5.63 Å². The molecular weight excluding hydrogens is 410 g/mol. The quantitative estimate of drug-likeness (QED) is 0.332. The lowest BCUT2D eigenvalue weighted by atomic mass is 10.1. The van der Waals surface area contributed by atoms with E-state index in [0.717, 1.165) is 61.7 Å². The van der Waals surface area contributed by atoms with Crippen molar-refractivity contribution in [1.82, 2.24) is 9.27 Å². The Bertz CT molecular complexity index is 1260. The molecule has 0 saturated carbocycles. The Kier molecular flexibility index (Phi) is 5.61. The molecule has 7 heteroatoms. The predicted molar refractivity (Wildman–Crippen MR) is 126 cm³/mol. The minimum atomic E-state index is -0.327. The van der Waals surface area contributed by atoms with E-state index in [1.54, 1.807) is 17.6 Å². The molecule has 0 spiro atoms. The van der Waals surface area contributed by atoms with Crippen molar-refractivity contribution in [1.29, 1.82) is 0 Å². The molecule has 5 rings (SSSR count). The molecule has 1 fully saturated rings. The minimum absolute atomic E-state index is 0.327. The van der Waals surface area contributed by atoms with Crippen molar-refractivity contribution in [2.45, 2.75) is 13.3 Å². The molecule has 2 aromatic carbocycles. The molecule has 0 unspecified atom stereocenters. The van der Waals surface area contributed by atoms with Crippen LogP contribution in [0.3, 0.4) is 0 Å². The molecule has 2 aromatic heterocycles. The summed E-state index contributed by atoms with van der Waals surface area (Å²) in [6.45, 7) is 7.62. The number of anilines is 1. The van der Waals surface area contributed by atoms with Gasteiger partial charge in [-0.3, -0.25) is 4.90 Å². The summed E-state index contributed by atoms with van der Waals surface area (Å²) in [4.78, 5) is 16.5. The molecule has 31 heavy (non-hydrogen) atoms. The molecule has 1 saturated heterocycles. The van der Waals surface area contributed by atoms with Gasteiger partial charge in [0.1, 0.15) is 17.2 Å². The van der Waals surface area contributed by atoms with Crippen LogP contribution < -0.4 is 15.3 Å². The van der Waals surface area contributed by atoms with Gasteiger partial charge in [0.05, 0.1) is 11.3 Å². The first-order chi connectivity index (χ1) is 15.2. The molecular formula is C24H25N3O3S. The van der Waals surface area contributed by atoms with Gasteiger partial charge < -0.3 is 14.1 Å². The van der Waals surface area contributed by atoms with E-state index in [1.165, 1.54) is 16.2 Å². The van der Waals surface area contributed by atoms with Crippen LogP contribution in [0.2, 0.25) is 0 Å². The van der Waals surface area contributed by atoms with E-state index >= 15 is 0 Å². The maximum atomic E-state index is 11.6. The van der Waals surface area contributed by atoms with E-state index in [2.05, 4.69) is 38.4 Å². The third-order valence-corrected chi connectivity index (χ3v) is 6.66. The van der Waals surface area contributed by atoms with E-state index < -0.39 is 0 Å². The van der Waals surface area contributed by atoms with Crippen molar-refractivity contribution >= 4 is 38.4 Å². The maximum Gasteiger partial charge on any atom is 0.336 e. The second-order valence-corrected chi connectivity index (χ2v) is 8.74. The average molecular weight is 436 g/mol. The first-order valence-corrected chi connectivity index (χ1v) is 11.4. The predicted octanol–water partition coefficient (Wildman–Crippen LogP) is 4.30. The number of fused-ring (bicyclic) bond motifs is 2. The summed E-state index contributed by atoms with van der Waals surface area (Å²) in [5.41, 5.74) is 1.17. The van der Waals surface area contributed by atoms with Crippen LogP contribution in [-0.2, 0) is 0 Å². The number of benzene rings is 2. The normalized spacial score (nSPS) is 15.1. The van der Waals surface area contributed by atoms with Gasteiger partial charge in [0, 0.05) is 55.6 Å². The van der Waals surface area contributed by atoms with Crippen molar-refractivity contribution in [3.63, 3.8) is 0 Å².